The summed E-state index contributed by atoms with van der Waals surface area (Å²) >= 11 is 0. The molecular weight excluding hydrogens is 380 g/mol. The first-order chi connectivity index (χ1) is 14.0. The molecule has 0 aliphatic carbocycles. The molecule has 1 aromatic heterocycles. The Labute approximate surface area is 164 Å². The average Bonchev–Trinajstić information content (AvgIpc) is 3.17. The molecule has 148 valence electrons. The van der Waals surface area contributed by atoms with Crippen LogP contribution in [-0.2, 0) is 4.79 Å². The van der Waals surface area contributed by atoms with Gasteiger partial charge in [0, 0.05) is 49.4 Å². The van der Waals surface area contributed by atoms with E-state index in [1.54, 1.807) is 29.2 Å². The van der Waals surface area contributed by atoms with Gasteiger partial charge in [0.25, 0.3) is 17.6 Å². The van der Waals surface area contributed by atoms with Crippen LogP contribution >= 0.6 is 0 Å². The van der Waals surface area contributed by atoms with Gasteiger partial charge in [-0.2, -0.15) is 0 Å². The third-order valence-electron chi connectivity index (χ3n) is 5.01. The van der Waals surface area contributed by atoms with Gasteiger partial charge >= 0.3 is 0 Å². The van der Waals surface area contributed by atoms with E-state index in [2.05, 4.69) is 4.98 Å². The molecule has 2 heterocycles. The van der Waals surface area contributed by atoms with Gasteiger partial charge in [-0.05, 0) is 18.2 Å². The van der Waals surface area contributed by atoms with E-state index < -0.39 is 23.3 Å². The topological polar surface area (TPSA) is 73.5 Å². The fourth-order valence-corrected chi connectivity index (χ4v) is 3.50. The van der Waals surface area contributed by atoms with Gasteiger partial charge in [0.05, 0.1) is 11.1 Å². The van der Waals surface area contributed by atoms with E-state index in [1.165, 1.54) is 11.1 Å². The Hall–Kier alpha value is -3.55. The lowest BCUT2D eigenvalue weighted by atomic mass is 10.1. The maximum Gasteiger partial charge on any atom is 0.295 e. The van der Waals surface area contributed by atoms with Gasteiger partial charge in [0.1, 0.15) is 11.6 Å². The summed E-state index contributed by atoms with van der Waals surface area (Å²) in [6, 6.07) is 10.5. The molecule has 1 aliphatic rings. The number of ketones is 1. The SMILES string of the molecule is O=C(C(=O)N1CCN(C(=O)c2ccccc2)CC1)c1c[nH]c2cc(F)cc(F)c12. The summed E-state index contributed by atoms with van der Waals surface area (Å²) < 4.78 is 27.5. The number of Topliss-reactive ketones (excluding diaryl/α,β-unsaturated/α-hetero) is 1. The number of halogens is 2. The molecule has 0 atom stereocenters. The molecule has 1 saturated heterocycles. The summed E-state index contributed by atoms with van der Waals surface area (Å²) in [4.78, 5) is 43.3. The van der Waals surface area contributed by atoms with Crippen molar-refractivity contribution in [2.45, 2.75) is 0 Å². The van der Waals surface area contributed by atoms with Crippen molar-refractivity contribution in [3.05, 3.63) is 71.4 Å². The van der Waals surface area contributed by atoms with Gasteiger partial charge in [0.15, 0.2) is 0 Å². The van der Waals surface area contributed by atoms with Gasteiger partial charge in [-0.1, -0.05) is 18.2 Å². The van der Waals surface area contributed by atoms with E-state index in [1.807, 2.05) is 6.07 Å². The zero-order chi connectivity index (χ0) is 20.5. The highest BCUT2D eigenvalue weighted by molar-refractivity contribution is 6.44. The number of carbonyl (C=O) groups is 3. The third kappa shape index (κ3) is 3.49. The second kappa shape index (κ2) is 7.46. The van der Waals surface area contributed by atoms with Crippen molar-refractivity contribution in [3.63, 3.8) is 0 Å². The van der Waals surface area contributed by atoms with Crippen molar-refractivity contribution in [1.29, 1.82) is 0 Å². The first-order valence-corrected chi connectivity index (χ1v) is 9.10. The van der Waals surface area contributed by atoms with E-state index in [0.29, 0.717) is 24.7 Å². The lowest BCUT2D eigenvalue weighted by Gasteiger charge is -2.34. The van der Waals surface area contributed by atoms with Crippen molar-refractivity contribution < 1.29 is 23.2 Å². The normalized spacial score (nSPS) is 14.3. The highest BCUT2D eigenvalue weighted by Crippen LogP contribution is 2.24. The number of hydrogen-bond acceptors (Lipinski definition) is 3. The van der Waals surface area contributed by atoms with Crippen LogP contribution in [0.25, 0.3) is 10.9 Å². The van der Waals surface area contributed by atoms with Crippen LogP contribution in [0.2, 0.25) is 0 Å². The Bertz CT molecular complexity index is 1100. The molecule has 4 rings (SSSR count). The number of hydrogen-bond donors (Lipinski definition) is 1. The summed E-state index contributed by atoms with van der Waals surface area (Å²) in [5.74, 6) is -3.46. The average molecular weight is 397 g/mol. The second-order valence-corrected chi connectivity index (χ2v) is 6.79. The predicted octanol–water partition coefficient (Wildman–Crippen LogP) is 2.61. The Kier molecular flexibility index (Phi) is 4.84. The first-order valence-electron chi connectivity index (χ1n) is 9.10. The number of H-pyrrole nitrogens is 1. The number of aromatic amines is 1. The van der Waals surface area contributed by atoms with Crippen molar-refractivity contribution >= 4 is 28.5 Å². The van der Waals surface area contributed by atoms with Gasteiger partial charge in [-0.25, -0.2) is 8.78 Å². The van der Waals surface area contributed by atoms with Crippen LogP contribution in [0.4, 0.5) is 8.78 Å². The summed E-state index contributed by atoms with van der Waals surface area (Å²) in [6.45, 7) is 0.978. The molecule has 0 unspecified atom stereocenters. The maximum absolute atomic E-state index is 14.1. The molecule has 8 heteroatoms. The summed E-state index contributed by atoms with van der Waals surface area (Å²) in [6.07, 6.45) is 1.21. The van der Waals surface area contributed by atoms with Crippen LogP contribution < -0.4 is 0 Å². The van der Waals surface area contributed by atoms with E-state index in [-0.39, 0.29) is 35.5 Å². The van der Waals surface area contributed by atoms with Crippen LogP contribution in [-0.4, -0.2) is 58.6 Å². The minimum atomic E-state index is -0.907. The lowest BCUT2D eigenvalue weighted by Crippen LogP contribution is -2.52. The second-order valence-electron chi connectivity index (χ2n) is 6.79. The quantitative estimate of drug-likeness (QED) is 0.546. The van der Waals surface area contributed by atoms with E-state index in [0.717, 1.165) is 6.07 Å². The lowest BCUT2D eigenvalue weighted by molar-refractivity contribution is -0.127. The highest BCUT2D eigenvalue weighted by atomic mass is 19.1. The van der Waals surface area contributed by atoms with Gasteiger partial charge in [-0.3, -0.25) is 14.4 Å². The Morgan fingerprint density at radius 1 is 0.897 bits per heavy atom. The van der Waals surface area contributed by atoms with Crippen LogP contribution in [0.1, 0.15) is 20.7 Å². The molecule has 1 N–H and O–H groups in total. The van der Waals surface area contributed by atoms with E-state index >= 15 is 0 Å². The Morgan fingerprint density at radius 3 is 2.24 bits per heavy atom. The maximum atomic E-state index is 14.1. The molecule has 0 spiro atoms. The molecule has 29 heavy (non-hydrogen) atoms. The van der Waals surface area contributed by atoms with Crippen LogP contribution in [0.3, 0.4) is 0 Å². The molecule has 0 bridgehead atoms. The van der Waals surface area contributed by atoms with Gasteiger partial charge in [-0.15, -0.1) is 0 Å². The van der Waals surface area contributed by atoms with Crippen LogP contribution in [0, 0.1) is 11.6 Å². The van der Waals surface area contributed by atoms with Crippen molar-refractivity contribution in [1.82, 2.24) is 14.8 Å². The summed E-state index contributed by atoms with van der Waals surface area (Å²) in [5.41, 5.74) is 0.534. The molecule has 2 aromatic carbocycles. The zero-order valence-electron chi connectivity index (χ0n) is 15.3. The fraction of sp³-hybridized carbons (Fsp3) is 0.190. The third-order valence-corrected chi connectivity index (χ3v) is 5.01. The number of carbonyl (C=O) groups excluding carboxylic acids is 3. The number of aromatic nitrogens is 1. The highest BCUT2D eigenvalue weighted by Gasteiger charge is 2.30. The van der Waals surface area contributed by atoms with Gasteiger partial charge in [0.2, 0.25) is 0 Å². The molecule has 0 saturated carbocycles. The number of benzene rings is 2. The number of rotatable bonds is 3. The van der Waals surface area contributed by atoms with Crippen molar-refractivity contribution in [2.24, 2.45) is 0 Å². The fourth-order valence-electron chi connectivity index (χ4n) is 3.50. The first kappa shape index (κ1) is 18.8. The monoisotopic (exact) mass is 397 g/mol. The summed E-state index contributed by atoms with van der Waals surface area (Å²) in [7, 11) is 0. The van der Waals surface area contributed by atoms with Crippen LogP contribution in [0.15, 0.2) is 48.7 Å². The number of nitrogens with zero attached hydrogens (tertiary/aromatic N) is 2. The standard InChI is InChI=1S/C21H17F2N3O3/c22-14-10-16(23)18-15(12-24-17(18)11-14)19(27)21(29)26-8-6-25(7-9-26)20(28)13-4-2-1-3-5-13/h1-5,10-12,24H,6-9H2. The number of piperazine rings is 1. The summed E-state index contributed by atoms with van der Waals surface area (Å²) in [5, 5.41) is -0.109. The molecule has 6 nitrogen and oxygen atoms in total. The smallest absolute Gasteiger partial charge is 0.295 e. The largest absolute Gasteiger partial charge is 0.360 e. The minimum Gasteiger partial charge on any atom is -0.360 e. The van der Waals surface area contributed by atoms with E-state index in [9.17, 15) is 23.2 Å². The number of fused-ring (bicyclic) bond motifs is 1. The zero-order valence-corrected chi connectivity index (χ0v) is 15.3. The Morgan fingerprint density at radius 2 is 1.55 bits per heavy atom. The molecule has 1 fully saturated rings. The molecule has 1 aliphatic heterocycles. The van der Waals surface area contributed by atoms with E-state index in [4.69, 9.17) is 0 Å². The van der Waals surface area contributed by atoms with Crippen molar-refractivity contribution in [2.75, 3.05) is 26.2 Å². The molecule has 0 radical (unpaired) electrons. The number of amides is 2. The van der Waals surface area contributed by atoms with Crippen molar-refractivity contribution in [3.8, 4) is 0 Å². The molecular formula is C21H17F2N3O3. The Balaban J connectivity index is 1.46. The number of nitrogens with one attached hydrogen (secondary N) is 1. The molecule has 3 aromatic rings. The predicted molar refractivity (Wildman–Crippen MR) is 101 cm³/mol. The molecule has 2 amide bonds. The van der Waals surface area contributed by atoms with Crippen LogP contribution in [0.5, 0.6) is 0 Å². The minimum absolute atomic E-state index is 0.108. The van der Waals surface area contributed by atoms with Gasteiger partial charge < -0.3 is 14.8 Å².